The van der Waals surface area contributed by atoms with Crippen molar-refractivity contribution in [2.45, 2.75) is 20.3 Å². The highest BCUT2D eigenvalue weighted by molar-refractivity contribution is 4.70. The molecule has 0 aromatic heterocycles. The van der Waals surface area contributed by atoms with Crippen molar-refractivity contribution in [2.24, 2.45) is 5.92 Å². The maximum Gasteiger partial charge on any atom is 0.0110 e. The van der Waals surface area contributed by atoms with Gasteiger partial charge in [0.2, 0.25) is 0 Å². The summed E-state index contributed by atoms with van der Waals surface area (Å²) in [6.45, 7) is 10.9. The minimum Gasteiger partial charge on any atom is -0.304 e. The van der Waals surface area contributed by atoms with E-state index in [4.69, 9.17) is 0 Å². The number of hydrogen-bond donors (Lipinski definition) is 0. The molecule has 0 spiro atoms. The van der Waals surface area contributed by atoms with E-state index in [1.54, 1.807) is 0 Å². The summed E-state index contributed by atoms with van der Waals surface area (Å²) < 4.78 is 0. The summed E-state index contributed by atoms with van der Waals surface area (Å²) in [5.74, 6) is 0.869. The molecule has 0 N–H and O–H groups in total. The number of nitrogens with zero attached hydrogens (tertiary/aromatic N) is 2. The van der Waals surface area contributed by atoms with Crippen molar-refractivity contribution in [1.29, 1.82) is 0 Å². The first-order chi connectivity index (χ1) is 5.72. The molecule has 0 amide bonds. The molecule has 1 fully saturated rings. The summed E-state index contributed by atoms with van der Waals surface area (Å²) in [4.78, 5) is 5.00. The molecule has 0 aromatic rings. The van der Waals surface area contributed by atoms with Crippen LogP contribution >= 0.6 is 0 Å². The molecule has 0 unspecified atom stereocenters. The zero-order chi connectivity index (χ0) is 8.97. The fraction of sp³-hybridized carbons (Fsp3) is 1.00. The van der Waals surface area contributed by atoms with Gasteiger partial charge in [0, 0.05) is 32.7 Å². The first-order valence-electron chi connectivity index (χ1n) is 5.13. The van der Waals surface area contributed by atoms with E-state index in [1.807, 2.05) is 0 Å². The summed E-state index contributed by atoms with van der Waals surface area (Å²) in [5.41, 5.74) is 0. The molecule has 1 aliphatic heterocycles. The van der Waals surface area contributed by atoms with Gasteiger partial charge in [0.05, 0.1) is 0 Å². The molecule has 1 saturated heterocycles. The number of hydrogen-bond acceptors (Lipinski definition) is 2. The Balaban J connectivity index is 2.17. The van der Waals surface area contributed by atoms with Gasteiger partial charge in [-0.2, -0.15) is 0 Å². The molecular formula is C10H22N2. The first kappa shape index (κ1) is 10.0. The maximum atomic E-state index is 2.59. The van der Waals surface area contributed by atoms with E-state index < -0.39 is 0 Å². The van der Waals surface area contributed by atoms with Crippen LogP contribution in [0.25, 0.3) is 0 Å². The molecule has 1 aliphatic rings. The Hall–Kier alpha value is -0.0800. The fourth-order valence-corrected chi connectivity index (χ4v) is 1.60. The zero-order valence-electron chi connectivity index (χ0n) is 8.71. The molecule has 0 radical (unpaired) electrons. The van der Waals surface area contributed by atoms with E-state index in [0.717, 1.165) is 5.92 Å². The number of piperazine rings is 1. The van der Waals surface area contributed by atoms with Gasteiger partial charge in [-0.05, 0) is 13.0 Å². The third-order valence-electron chi connectivity index (χ3n) is 2.86. The van der Waals surface area contributed by atoms with E-state index >= 15 is 0 Å². The molecule has 0 bridgehead atoms. The van der Waals surface area contributed by atoms with Crippen molar-refractivity contribution in [3.8, 4) is 0 Å². The standard InChI is InChI=1S/C10H22N2/c1-4-10(2)9-12-7-5-11(3)6-8-12/h10H,4-9H2,1-3H3/t10-/m0/s1. The molecule has 12 heavy (non-hydrogen) atoms. The lowest BCUT2D eigenvalue weighted by atomic mass is 10.1. The first-order valence-corrected chi connectivity index (χ1v) is 5.13. The summed E-state index contributed by atoms with van der Waals surface area (Å²) in [6.07, 6.45) is 1.31. The van der Waals surface area contributed by atoms with Gasteiger partial charge >= 0.3 is 0 Å². The average molecular weight is 170 g/mol. The van der Waals surface area contributed by atoms with E-state index in [1.165, 1.54) is 39.1 Å². The van der Waals surface area contributed by atoms with Crippen molar-refractivity contribution >= 4 is 0 Å². The van der Waals surface area contributed by atoms with Crippen LogP contribution < -0.4 is 0 Å². The lowest BCUT2D eigenvalue weighted by Gasteiger charge is -2.33. The maximum absolute atomic E-state index is 2.59. The molecule has 0 saturated carbocycles. The molecule has 1 heterocycles. The molecule has 2 heteroatoms. The largest absolute Gasteiger partial charge is 0.304 e. The minimum absolute atomic E-state index is 0.869. The molecule has 72 valence electrons. The van der Waals surface area contributed by atoms with Crippen molar-refractivity contribution in [3.63, 3.8) is 0 Å². The Kier molecular flexibility index (Phi) is 4.02. The van der Waals surface area contributed by atoms with Crippen LogP contribution in [0, 0.1) is 5.92 Å². The summed E-state index contributed by atoms with van der Waals surface area (Å²) in [6, 6.07) is 0. The molecule has 0 aromatic carbocycles. The highest BCUT2D eigenvalue weighted by Crippen LogP contribution is 2.06. The van der Waals surface area contributed by atoms with E-state index in [-0.39, 0.29) is 0 Å². The Morgan fingerprint density at radius 2 is 1.75 bits per heavy atom. The van der Waals surface area contributed by atoms with Crippen LogP contribution in [0.5, 0.6) is 0 Å². The van der Waals surface area contributed by atoms with Crippen molar-refractivity contribution < 1.29 is 0 Å². The Bertz CT molecular complexity index is 117. The number of likely N-dealkylation sites (N-methyl/N-ethyl adjacent to an activating group) is 1. The predicted octanol–water partition coefficient (Wildman–Crippen LogP) is 1.28. The van der Waals surface area contributed by atoms with Crippen LogP contribution in [0.2, 0.25) is 0 Å². The third-order valence-corrected chi connectivity index (χ3v) is 2.86. The topological polar surface area (TPSA) is 6.48 Å². The monoisotopic (exact) mass is 170 g/mol. The molecular weight excluding hydrogens is 148 g/mol. The van der Waals surface area contributed by atoms with Crippen molar-refractivity contribution in [1.82, 2.24) is 9.80 Å². The van der Waals surface area contributed by atoms with E-state index in [9.17, 15) is 0 Å². The Labute approximate surface area is 76.5 Å². The molecule has 1 atom stereocenters. The number of rotatable bonds is 3. The molecule has 0 aliphatic carbocycles. The van der Waals surface area contributed by atoms with Gasteiger partial charge < -0.3 is 9.80 Å². The highest BCUT2D eigenvalue weighted by Gasteiger charge is 2.14. The van der Waals surface area contributed by atoms with Gasteiger partial charge in [0.15, 0.2) is 0 Å². The summed E-state index contributed by atoms with van der Waals surface area (Å²) in [5, 5.41) is 0. The normalized spacial score (nSPS) is 24.2. The van der Waals surface area contributed by atoms with E-state index in [2.05, 4.69) is 30.7 Å². The Morgan fingerprint density at radius 3 is 2.25 bits per heavy atom. The Morgan fingerprint density at radius 1 is 1.17 bits per heavy atom. The van der Waals surface area contributed by atoms with Gasteiger partial charge in [0.25, 0.3) is 0 Å². The smallest absolute Gasteiger partial charge is 0.0110 e. The summed E-state index contributed by atoms with van der Waals surface area (Å²) >= 11 is 0. The summed E-state index contributed by atoms with van der Waals surface area (Å²) in [7, 11) is 2.21. The average Bonchev–Trinajstić information content (AvgIpc) is 2.09. The van der Waals surface area contributed by atoms with Gasteiger partial charge in [0.1, 0.15) is 0 Å². The minimum atomic E-state index is 0.869. The van der Waals surface area contributed by atoms with Gasteiger partial charge in [-0.1, -0.05) is 20.3 Å². The third kappa shape index (κ3) is 3.11. The van der Waals surface area contributed by atoms with Crippen LogP contribution in [0.15, 0.2) is 0 Å². The van der Waals surface area contributed by atoms with Crippen molar-refractivity contribution in [2.75, 3.05) is 39.8 Å². The quantitative estimate of drug-likeness (QED) is 0.629. The van der Waals surface area contributed by atoms with Gasteiger partial charge in [-0.25, -0.2) is 0 Å². The van der Waals surface area contributed by atoms with Crippen LogP contribution in [0.1, 0.15) is 20.3 Å². The van der Waals surface area contributed by atoms with Gasteiger partial charge in [-0.15, -0.1) is 0 Å². The van der Waals surface area contributed by atoms with Crippen LogP contribution in [0.3, 0.4) is 0 Å². The van der Waals surface area contributed by atoms with E-state index in [0.29, 0.717) is 0 Å². The molecule has 2 nitrogen and oxygen atoms in total. The van der Waals surface area contributed by atoms with Crippen LogP contribution in [0.4, 0.5) is 0 Å². The van der Waals surface area contributed by atoms with Crippen LogP contribution in [-0.4, -0.2) is 49.6 Å². The lowest BCUT2D eigenvalue weighted by molar-refractivity contribution is 0.138. The fourth-order valence-electron chi connectivity index (χ4n) is 1.60. The van der Waals surface area contributed by atoms with Crippen LogP contribution in [-0.2, 0) is 0 Å². The SMILES string of the molecule is CC[C@H](C)CN1CCN(C)CC1. The highest BCUT2D eigenvalue weighted by atomic mass is 15.2. The zero-order valence-corrected chi connectivity index (χ0v) is 8.71. The predicted molar refractivity (Wildman–Crippen MR) is 53.4 cm³/mol. The lowest BCUT2D eigenvalue weighted by Crippen LogP contribution is -2.45. The second-order valence-electron chi connectivity index (χ2n) is 4.12. The second kappa shape index (κ2) is 4.83. The molecule has 1 rings (SSSR count). The van der Waals surface area contributed by atoms with Crippen molar-refractivity contribution in [3.05, 3.63) is 0 Å². The van der Waals surface area contributed by atoms with Gasteiger partial charge in [-0.3, -0.25) is 0 Å². The second-order valence-corrected chi connectivity index (χ2v) is 4.12.